The number of aryl methyl sites for hydroxylation is 1. The van der Waals surface area contributed by atoms with Crippen LogP contribution in [0.2, 0.25) is 0 Å². The summed E-state index contributed by atoms with van der Waals surface area (Å²) in [6.45, 7) is 2.08. The summed E-state index contributed by atoms with van der Waals surface area (Å²) in [6.07, 6.45) is 4.58. The van der Waals surface area contributed by atoms with Crippen molar-refractivity contribution in [3.8, 4) is 11.5 Å². The van der Waals surface area contributed by atoms with Gasteiger partial charge in [0, 0.05) is 30.5 Å². The Hall–Kier alpha value is -2.96. The number of hydrogen-bond acceptors (Lipinski definition) is 6. The quantitative estimate of drug-likeness (QED) is 0.691. The molecule has 0 aliphatic heterocycles. The van der Waals surface area contributed by atoms with Crippen LogP contribution in [-0.2, 0) is 12.8 Å². The van der Waals surface area contributed by atoms with E-state index in [4.69, 9.17) is 9.47 Å². The highest BCUT2D eigenvalue weighted by molar-refractivity contribution is 5.98. The standard InChI is InChI=1S/C20H22N4O3/c1-4-5-19-22-20-21-16-8-12(9-17(25)15(16)11-24(20)23-19)14-10-13(26-2)6-7-18(14)27-3/h6-7,10-12H,4-5,8-9H2,1-3H3/t12-/m1/s1. The Labute approximate surface area is 157 Å². The Kier molecular flexibility index (Phi) is 4.51. The van der Waals surface area contributed by atoms with E-state index in [1.807, 2.05) is 18.2 Å². The fraction of sp³-hybridized carbons (Fsp3) is 0.400. The van der Waals surface area contributed by atoms with Crippen LogP contribution in [0.25, 0.3) is 5.78 Å². The van der Waals surface area contributed by atoms with E-state index in [1.54, 1.807) is 24.9 Å². The first-order chi connectivity index (χ1) is 13.1. The predicted molar refractivity (Wildman–Crippen MR) is 99.7 cm³/mol. The first-order valence-electron chi connectivity index (χ1n) is 9.13. The van der Waals surface area contributed by atoms with Crippen molar-refractivity contribution < 1.29 is 14.3 Å². The van der Waals surface area contributed by atoms with Gasteiger partial charge in [0.25, 0.3) is 5.78 Å². The van der Waals surface area contributed by atoms with Crippen LogP contribution in [0.15, 0.2) is 24.4 Å². The van der Waals surface area contributed by atoms with Gasteiger partial charge in [0.15, 0.2) is 11.6 Å². The number of carbonyl (C=O) groups is 1. The molecule has 1 aromatic carbocycles. The van der Waals surface area contributed by atoms with E-state index in [-0.39, 0.29) is 11.7 Å². The zero-order valence-electron chi connectivity index (χ0n) is 15.7. The molecule has 7 heteroatoms. The molecule has 1 aliphatic carbocycles. The van der Waals surface area contributed by atoms with Gasteiger partial charge in [-0.15, -0.1) is 5.10 Å². The molecule has 27 heavy (non-hydrogen) atoms. The molecule has 2 heterocycles. The van der Waals surface area contributed by atoms with Gasteiger partial charge in [-0.1, -0.05) is 6.92 Å². The van der Waals surface area contributed by atoms with Crippen molar-refractivity contribution >= 4 is 11.6 Å². The van der Waals surface area contributed by atoms with E-state index in [0.29, 0.717) is 24.2 Å². The summed E-state index contributed by atoms with van der Waals surface area (Å²) in [5.74, 6) is 2.85. The summed E-state index contributed by atoms with van der Waals surface area (Å²) in [4.78, 5) is 21.9. The normalized spacial score (nSPS) is 16.4. The first kappa shape index (κ1) is 17.5. The lowest BCUT2D eigenvalue weighted by Gasteiger charge is -2.24. The average Bonchev–Trinajstić information content (AvgIpc) is 3.07. The van der Waals surface area contributed by atoms with Crippen LogP contribution in [0.5, 0.6) is 11.5 Å². The Morgan fingerprint density at radius 2 is 2.04 bits per heavy atom. The van der Waals surface area contributed by atoms with E-state index in [2.05, 4.69) is 22.0 Å². The molecule has 0 radical (unpaired) electrons. The molecule has 0 spiro atoms. The van der Waals surface area contributed by atoms with Crippen LogP contribution in [-0.4, -0.2) is 39.6 Å². The lowest BCUT2D eigenvalue weighted by atomic mass is 9.81. The topological polar surface area (TPSA) is 78.6 Å². The minimum Gasteiger partial charge on any atom is -0.497 e. The molecule has 0 saturated carbocycles. The van der Waals surface area contributed by atoms with Crippen LogP contribution in [0.1, 0.15) is 53.1 Å². The molecule has 4 rings (SSSR count). The molecule has 0 amide bonds. The Morgan fingerprint density at radius 3 is 2.78 bits per heavy atom. The largest absolute Gasteiger partial charge is 0.497 e. The Balaban J connectivity index is 1.74. The molecule has 3 aromatic rings. The number of benzene rings is 1. The lowest BCUT2D eigenvalue weighted by molar-refractivity contribution is 0.0962. The predicted octanol–water partition coefficient (Wildman–Crippen LogP) is 3.01. The van der Waals surface area contributed by atoms with Crippen molar-refractivity contribution in [2.45, 2.75) is 38.5 Å². The van der Waals surface area contributed by atoms with Gasteiger partial charge in [-0.25, -0.2) is 9.50 Å². The van der Waals surface area contributed by atoms with Gasteiger partial charge < -0.3 is 9.47 Å². The van der Waals surface area contributed by atoms with Crippen molar-refractivity contribution in [1.29, 1.82) is 0 Å². The number of ether oxygens (including phenoxy) is 2. The SMILES string of the molecule is CCCc1nc2nc3c(cn2n1)C(=O)C[C@H](c1cc(OC)ccc1OC)C3. The molecular formula is C20H22N4O3. The van der Waals surface area contributed by atoms with Crippen molar-refractivity contribution in [2.24, 2.45) is 0 Å². The van der Waals surface area contributed by atoms with Gasteiger partial charge in [-0.3, -0.25) is 4.79 Å². The zero-order valence-corrected chi connectivity index (χ0v) is 15.7. The highest BCUT2D eigenvalue weighted by Crippen LogP contribution is 2.38. The molecule has 2 aromatic heterocycles. The highest BCUT2D eigenvalue weighted by Gasteiger charge is 2.30. The molecule has 140 valence electrons. The van der Waals surface area contributed by atoms with E-state index < -0.39 is 0 Å². The molecule has 1 atom stereocenters. The van der Waals surface area contributed by atoms with E-state index in [0.717, 1.165) is 41.4 Å². The van der Waals surface area contributed by atoms with Crippen molar-refractivity contribution in [2.75, 3.05) is 14.2 Å². The molecule has 0 N–H and O–H groups in total. The van der Waals surface area contributed by atoms with Gasteiger partial charge in [-0.2, -0.15) is 4.98 Å². The number of ketones is 1. The van der Waals surface area contributed by atoms with Gasteiger partial charge >= 0.3 is 0 Å². The number of nitrogens with zero attached hydrogens (tertiary/aromatic N) is 4. The first-order valence-corrected chi connectivity index (χ1v) is 9.13. The van der Waals surface area contributed by atoms with Crippen LogP contribution >= 0.6 is 0 Å². The van der Waals surface area contributed by atoms with E-state index >= 15 is 0 Å². The zero-order chi connectivity index (χ0) is 19.0. The number of rotatable bonds is 5. The van der Waals surface area contributed by atoms with Gasteiger partial charge in [-0.05, 0) is 31.0 Å². The molecular weight excluding hydrogens is 344 g/mol. The molecule has 1 aliphatic rings. The number of Topliss-reactive ketones (excluding diaryl/α,β-unsaturated/α-hetero) is 1. The second-order valence-corrected chi connectivity index (χ2v) is 6.76. The van der Waals surface area contributed by atoms with Crippen LogP contribution < -0.4 is 9.47 Å². The maximum Gasteiger partial charge on any atom is 0.252 e. The number of hydrogen-bond donors (Lipinski definition) is 0. The smallest absolute Gasteiger partial charge is 0.252 e. The summed E-state index contributed by atoms with van der Waals surface area (Å²) in [5, 5.41) is 4.43. The third kappa shape index (κ3) is 3.13. The van der Waals surface area contributed by atoms with Gasteiger partial charge in [0.05, 0.1) is 25.5 Å². The van der Waals surface area contributed by atoms with Gasteiger partial charge in [0.1, 0.15) is 11.5 Å². The fourth-order valence-corrected chi connectivity index (χ4v) is 3.63. The number of carbonyl (C=O) groups excluding carboxylic acids is 1. The third-order valence-corrected chi connectivity index (χ3v) is 4.98. The second-order valence-electron chi connectivity index (χ2n) is 6.76. The highest BCUT2D eigenvalue weighted by atomic mass is 16.5. The summed E-state index contributed by atoms with van der Waals surface area (Å²) >= 11 is 0. The molecule has 7 nitrogen and oxygen atoms in total. The maximum absolute atomic E-state index is 12.8. The van der Waals surface area contributed by atoms with Crippen LogP contribution in [0.3, 0.4) is 0 Å². The lowest BCUT2D eigenvalue weighted by Crippen LogP contribution is -2.21. The molecule has 0 saturated heterocycles. The summed E-state index contributed by atoms with van der Waals surface area (Å²) in [6, 6.07) is 5.67. The molecule has 0 bridgehead atoms. The number of fused-ring (bicyclic) bond motifs is 2. The van der Waals surface area contributed by atoms with Gasteiger partial charge in [0.2, 0.25) is 0 Å². The third-order valence-electron chi connectivity index (χ3n) is 4.98. The van der Waals surface area contributed by atoms with E-state index in [1.165, 1.54) is 0 Å². The average molecular weight is 366 g/mol. The summed E-state index contributed by atoms with van der Waals surface area (Å²) in [5.41, 5.74) is 2.36. The molecule has 0 fully saturated rings. The van der Waals surface area contributed by atoms with Crippen molar-refractivity contribution in [3.05, 3.63) is 47.0 Å². The maximum atomic E-state index is 12.8. The van der Waals surface area contributed by atoms with E-state index in [9.17, 15) is 4.79 Å². The Bertz CT molecular complexity index is 1010. The van der Waals surface area contributed by atoms with Crippen molar-refractivity contribution in [1.82, 2.24) is 19.6 Å². The summed E-state index contributed by atoms with van der Waals surface area (Å²) < 4.78 is 12.5. The number of methoxy groups -OCH3 is 2. The minimum absolute atomic E-state index is 0.0111. The number of aromatic nitrogens is 4. The van der Waals surface area contributed by atoms with Crippen molar-refractivity contribution in [3.63, 3.8) is 0 Å². The Morgan fingerprint density at radius 1 is 1.19 bits per heavy atom. The fourth-order valence-electron chi connectivity index (χ4n) is 3.63. The monoisotopic (exact) mass is 366 g/mol. The summed E-state index contributed by atoms with van der Waals surface area (Å²) in [7, 11) is 3.27. The second kappa shape index (κ2) is 6.98. The van der Waals surface area contributed by atoms with Crippen LogP contribution in [0.4, 0.5) is 0 Å². The minimum atomic E-state index is -0.0111. The van der Waals surface area contributed by atoms with Crippen LogP contribution in [0, 0.1) is 0 Å². The molecule has 0 unspecified atom stereocenters.